The van der Waals surface area contributed by atoms with Crippen molar-refractivity contribution in [2.45, 2.75) is 58.3 Å². The number of benzene rings is 1. The van der Waals surface area contributed by atoms with Gasteiger partial charge in [-0.3, -0.25) is 10.1 Å². The highest BCUT2D eigenvalue weighted by molar-refractivity contribution is 5.49. The molecule has 1 rings (SSSR count). The minimum absolute atomic E-state index is 0.217. The lowest BCUT2D eigenvalue weighted by atomic mass is 10.1. The quantitative estimate of drug-likeness (QED) is 0.343. The molecule has 0 spiro atoms. The van der Waals surface area contributed by atoms with Gasteiger partial charge in [-0.15, -0.1) is 0 Å². The van der Waals surface area contributed by atoms with Crippen LogP contribution in [0.3, 0.4) is 0 Å². The minimum atomic E-state index is -0.592. The molecular weight excluding hydrogens is 271 g/mol. The molecule has 5 heteroatoms. The average Bonchev–Trinajstić information content (AvgIpc) is 2.46. The van der Waals surface area contributed by atoms with Gasteiger partial charge in [0.05, 0.1) is 16.7 Å². The van der Waals surface area contributed by atoms with Gasteiger partial charge in [-0.2, -0.15) is 0 Å². The molecule has 0 saturated heterocycles. The van der Waals surface area contributed by atoms with Crippen LogP contribution in [-0.4, -0.2) is 11.5 Å². The van der Waals surface area contributed by atoms with E-state index in [1.807, 2.05) is 0 Å². The number of non-ortho nitro benzene ring substituents is 1. The third-order valence-corrected chi connectivity index (χ3v) is 3.51. The van der Waals surface area contributed by atoms with Crippen molar-refractivity contribution in [3.05, 3.63) is 34.1 Å². The minimum Gasteiger partial charge on any atom is -0.383 e. The standard InChI is InChI=1S/C16H25FN2O2/c1-2-3-4-5-6-7-8-9-12-18-16-11-10-14(19(20)21)13-15(16)17/h10-11,13,18H,2-9,12H2,1H3. The number of rotatable bonds is 11. The molecule has 0 amide bonds. The fourth-order valence-electron chi connectivity index (χ4n) is 2.24. The Bertz CT molecular complexity index is 438. The molecule has 0 atom stereocenters. The second-order valence-corrected chi connectivity index (χ2v) is 5.32. The molecule has 0 aliphatic rings. The zero-order valence-corrected chi connectivity index (χ0v) is 12.7. The Morgan fingerprint density at radius 2 is 1.71 bits per heavy atom. The van der Waals surface area contributed by atoms with Crippen LogP contribution in [0.5, 0.6) is 0 Å². The number of unbranched alkanes of at least 4 members (excludes halogenated alkanes) is 7. The molecule has 0 bridgehead atoms. The first-order valence-electron chi connectivity index (χ1n) is 7.83. The largest absolute Gasteiger partial charge is 0.383 e. The molecule has 1 aromatic carbocycles. The second-order valence-electron chi connectivity index (χ2n) is 5.32. The summed E-state index contributed by atoms with van der Waals surface area (Å²) in [4.78, 5) is 9.92. The van der Waals surface area contributed by atoms with Crippen molar-refractivity contribution in [3.8, 4) is 0 Å². The van der Waals surface area contributed by atoms with Crippen molar-refractivity contribution in [2.75, 3.05) is 11.9 Å². The fourth-order valence-corrected chi connectivity index (χ4v) is 2.24. The van der Waals surface area contributed by atoms with Crippen molar-refractivity contribution >= 4 is 11.4 Å². The summed E-state index contributed by atoms with van der Waals surface area (Å²) in [6.07, 6.45) is 9.82. The Hall–Kier alpha value is -1.65. The SMILES string of the molecule is CCCCCCCCCCNc1ccc([N+](=O)[O-])cc1F. The van der Waals surface area contributed by atoms with E-state index in [0.717, 1.165) is 18.9 Å². The van der Waals surface area contributed by atoms with Crippen LogP contribution >= 0.6 is 0 Å². The molecule has 0 unspecified atom stereocenters. The summed E-state index contributed by atoms with van der Waals surface area (Å²) in [6.45, 7) is 2.91. The van der Waals surface area contributed by atoms with Gasteiger partial charge in [0.1, 0.15) is 0 Å². The topological polar surface area (TPSA) is 55.2 Å². The third-order valence-electron chi connectivity index (χ3n) is 3.51. The maximum Gasteiger partial charge on any atom is 0.272 e. The van der Waals surface area contributed by atoms with E-state index in [1.165, 1.54) is 50.7 Å². The highest BCUT2D eigenvalue weighted by Crippen LogP contribution is 2.20. The van der Waals surface area contributed by atoms with E-state index in [0.29, 0.717) is 12.2 Å². The molecule has 0 aromatic heterocycles. The first-order chi connectivity index (χ1) is 10.1. The molecule has 0 saturated carbocycles. The second kappa shape index (κ2) is 10.1. The smallest absolute Gasteiger partial charge is 0.272 e. The summed E-state index contributed by atoms with van der Waals surface area (Å²) in [5.41, 5.74) is 0.119. The maximum absolute atomic E-state index is 13.6. The predicted molar refractivity (Wildman–Crippen MR) is 84.2 cm³/mol. The molecular formula is C16H25FN2O2. The number of nitro benzene ring substituents is 1. The van der Waals surface area contributed by atoms with Crippen molar-refractivity contribution in [2.24, 2.45) is 0 Å². The fraction of sp³-hybridized carbons (Fsp3) is 0.625. The molecule has 0 heterocycles. The van der Waals surface area contributed by atoms with E-state index in [1.54, 1.807) is 0 Å². The monoisotopic (exact) mass is 296 g/mol. The van der Waals surface area contributed by atoms with E-state index in [-0.39, 0.29) is 5.69 Å². The van der Waals surface area contributed by atoms with Crippen molar-refractivity contribution < 1.29 is 9.31 Å². The van der Waals surface area contributed by atoms with Gasteiger partial charge in [0.15, 0.2) is 5.82 Å². The number of nitrogens with zero attached hydrogens (tertiary/aromatic N) is 1. The number of halogens is 1. The van der Waals surface area contributed by atoms with Crippen LogP contribution in [0.25, 0.3) is 0 Å². The van der Waals surface area contributed by atoms with Gasteiger partial charge >= 0.3 is 0 Å². The predicted octanol–water partition coefficient (Wildman–Crippen LogP) is 5.29. The highest BCUT2D eigenvalue weighted by Gasteiger charge is 2.09. The van der Waals surface area contributed by atoms with E-state index in [2.05, 4.69) is 12.2 Å². The average molecular weight is 296 g/mol. The molecule has 0 fully saturated rings. The van der Waals surface area contributed by atoms with Crippen LogP contribution in [0, 0.1) is 15.9 Å². The summed E-state index contributed by atoms with van der Waals surface area (Å²) in [5.74, 6) is -0.566. The Kier molecular flexibility index (Phi) is 8.40. The van der Waals surface area contributed by atoms with Crippen LogP contribution < -0.4 is 5.32 Å². The van der Waals surface area contributed by atoms with Crippen LogP contribution in [0.15, 0.2) is 18.2 Å². The Morgan fingerprint density at radius 1 is 1.10 bits per heavy atom. The Labute approximate surface area is 125 Å². The van der Waals surface area contributed by atoms with Gasteiger partial charge in [0.25, 0.3) is 5.69 Å². The molecule has 21 heavy (non-hydrogen) atoms. The zero-order valence-electron chi connectivity index (χ0n) is 12.7. The van der Waals surface area contributed by atoms with Crippen LogP contribution in [0.2, 0.25) is 0 Å². The van der Waals surface area contributed by atoms with E-state index in [9.17, 15) is 14.5 Å². The number of nitro groups is 1. The third kappa shape index (κ3) is 7.06. The zero-order chi connectivity index (χ0) is 15.5. The highest BCUT2D eigenvalue weighted by atomic mass is 19.1. The molecule has 4 nitrogen and oxygen atoms in total. The molecule has 118 valence electrons. The molecule has 1 N–H and O–H groups in total. The summed E-state index contributed by atoms with van der Waals surface area (Å²) in [5, 5.41) is 13.5. The molecule has 0 radical (unpaired) electrons. The van der Waals surface area contributed by atoms with E-state index >= 15 is 0 Å². The number of anilines is 1. The summed E-state index contributed by atoms with van der Waals surface area (Å²) < 4.78 is 13.6. The lowest BCUT2D eigenvalue weighted by Gasteiger charge is -2.07. The van der Waals surface area contributed by atoms with E-state index < -0.39 is 10.7 Å². The van der Waals surface area contributed by atoms with E-state index in [4.69, 9.17) is 0 Å². The summed E-state index contributed by atoms with van der Waals surface area (Å²) in [7, 11) is 0. The normalized spacial score (nSPS) is 10.6. The Morgan fingerprint density at radius 3 is 2.29 bits per heavy atom. The Balaban J connectivity index is 2.14. The van der Waals surface area contributed by atoms with Crippen molar-refractivity contribution in [1.82, 2.24) is 0 Å². The van der Waals surface area contributed by atoms with Crippen LogP contribution in [0.1, 0.15) is 58.3 Å². The van der Waals surface area contributed by atoms with Crippen LogP contribution in [-0.2, 0) is 0 Å². The van der Waals surface area contributed by atoms with Gasteiger partial charge in [-0.05, 0) is 12.5 Å². The molecule has 1 aromatic rings. The lowest BCUT2D eigenvalue weighted by Crippen LogP contribution is -2.03. The summed E-state index contributed by atoms with van der Waals surface area (Å²) in [6, 6.07) is 3.70. The van der Waals surface area contributed by atoms with Gasteiger partial charge in [0, 0.05) is 12.6 Å². The van der Waals surface area contributed by atoms with Crippen LogP contribution in [0.4, 0.5) is 15.8 Å². The molecule has 0 aliphatic heterocycles. The first-order valence-corrected chi connectivity index (χ1v) is 7.83. The van der Waals surface area contributed by atoms with Gasteiger partial charge < -0.3 is 5.32 Å². The number of hydrogen-bond donors (Lipinski definition) is 1. The van der Waals surface area contributed by atoms with Gasteiger partial charge in [-0.1, -0.05) is 51.9 Å². The van der Waals surface area contributed by atoms with Gasteiger partial charge in [0.2, 0.25) is 0 Å². The number of hydrogen-bond acceptors (Lipinski definition) is 3. The van der Waals surface area contributed by atoms with Crippen molar-refractivity contribution in [1.29, 1.82) is 0 Å². The first kappa shape index (κ1) is 17.4. The summed E-state index contributed by atoms with van der Waals surface area (Å²) >= 11 is 0. The number of nitrogens with one attached hydrogen (secondary N) is 1. The lowest BCUT2D eigenvalue weighted by molar-refractivity contribution is -0.385. The van der Waals surface area contributed by atoms with Crippen molar-refractivity contribution in [3.63, 3.8) is 0 Å². The molecule has 0 aliphatic carbocycles. The van der Waals surface area contributed by atoms with Gasteiger partial charge in [-0.25, -0.2) is 4.39 Å². The maximum atomic E-state index is 13.6.